The Morgan fingerprint density at radius 2 is 1.95 bits per heavy atom. The van der Waals surface area contributed by atoms with Gasteiger partial charge in [0.15, 0.2) is 0 Å². The first-order valence-electron chi connectivity index (χ1n) is 7.05. The Morgan fingerprint density at radius 1 is 1.30 bits per heavy atom. The third-order valence-electron chi connectivity index (χ3n) is 3.85. The van der Waals surface area contributed by atoms with Gasteiger partial charge in [0.2, 0.25) is 0 Å². The highest BCUT2D eigenvalue weighted by Crippen LogP contribution is 2.25. The molecule has 1 heterocycles. The van der Waals surface area contributed by atoms with E-state index in [0.29, 0.717) is 11.7 Å². The summed E-state index contributed by atoms with van der Waals surface area (Å²) in [7, 11) is 0. The second-order valence-electron chi connectivity index (χ2n) is 5.81. The molecule has 1 unspecified atom stereocenters. The van der Waals surface area contributed by atoms with Crippen LogP contribution in [0.25, 0.3) is 11.3 Å². The zero-order chi connectivity index (χ0) is 14.8. The van der Waals surface area contributed by atoms with Crippen LogP contribution in [0.2, 0.25) is 0 Å². The molecule has 0 fully saturated rings. The van der Waals surface area contributed by atoms with Crippen LogP contribution in [0.15, 0.2) is 30.5 Å². The molecule has 1 N–H and O–H groups in total. The number of aromatic nitrogens is 2. The van der Waals surface area contributed by atoms with Gasteiger partial charge in [-0.3, -0.25) is 0 Å². The van der Waals surface area contributed by atoms with E-state index in [2.05, 4.69) is 54.2 Å². The molecule has 3 nitrogen and oxygen atoms in total. The van der Waals surface area contributed by atoms with Crippen molar-refractivity contribution in [3.8, 4) is 17.3 Å². The summed E-state index contributed by atoms with van der Waals surface area (Å²) >= 11 is 0. The lowest BCUT2D eigenvalue weighted by Gasteiger charge is -2.11. The largest absolute Gasteiger partial charge is 0.341 e. The summed E-state index contributed by atoms with van der Waals surface area (Å²) in [6, 6.07) is 10.8. The second kappa shape index (κ2) is 5.50. The van der Waals surface area contributed by atoms with E-state index in [4.69, 9.17) is 5.26 Å². The molecule has 0 saturated heterocycles. The van der Waals surface area contributed by atoms with Crippen LogP contribution in [0.4, 0.5) is 0 Å². The van der Waals surface area contributed by atoms with Gasteiger partial charge >= 0.3 is 0 Å². The van der Waals surface area contributed by atoms with Crippen molar-refractivity contribution in [1.82, 2.24) is 9.97 Å². The predicted octanol–water partition coefficient (Wildman–Crippen LogP) is 4.39. The van der Waals surface area contributed by atoms with E-state index in [-0.39, 0.29) is 0 Å². The van der Waals surface area contributed by atoms with Crippen LogP contribution in [0, 0.1) is 11.3 Å². The third kappa shape index (κ3) is 2.75. The van der Waals surface area contributed by atoms with Gasteiger partial charge in [-0.15, -0.1) is 0 Å². The lowest BCUT2D eigenvalue weighted by molar-refractivity contribution is 0.640. The van der Waals surface area contributed by atoms with Crippen LogP contribution in [-0.4, -0.2) is 9.97 Å². The third-order valence-corrected chi connectivity index (χ3v) is 3.85. The summed E-state index contributed by atoms with van der Waals surface area (Å²) in [6.07, 6.45) is 2.94. The van der Waals surface area contributed by atoms with Gasteiger partial charge < -0.3 is 4.98 Å². The Labute approximate surface area is 120 Å². The quantitative estimate of drug-likeness (QED) is 0.893. The van der Waals surface area contributed by atoms with Crippen LogP contribution in [0.5, 0.6) is 0 Å². The molecular weight excluding hydrogens is 246 g/mol. The molecule has 0 aliphatic heterocycles. The molecule has 0 saturated carbocycles. The number of hydrogen-bond donors (Lipinski definition) is 1. The summed E-state index contributed by atoms with van der Waals surface area (Å²) in [6.45, 7) is 8.16. The smallest absolute Gasteiger partial charge is 0.126 e. The van der Waals surface area contributed by atoms with Gasteiger partial charge in [0.1, 0.15) is 11.2 Å². The molecule has 1 atom stereocenters. The molecule has 0 aliphatic carbocycles. The van der Waals surface area contributed by atoms with Gasteiger partial charge in [0.25, 0.3) is 0 Å². The maximum absolute atomic E-state index is 9.14. The van der Waals surface area contributed by atoms with Crippen LogP contribution >= 0.6 is 0 Å². The fourth-order valence-electron chi connectivity index (χ4n) is 2.07. The maximum Gasteiger partial charge on any atom is 0.126 e. The van der Waals surface area contributed by atoms with Gasteiger partial charge in [-0.25, -0.2) is 4.98 Å². The molecule has 0 radical (unpaired) electrons. The number of H-pyrrole nitrogens is 1. The van der Waals surface area contributed by atoms with Crippen molar-refractivity contribution in [2.24, 2.45) is 0 Å². The topological polar surface area (TPSA) is 52.5 Å². The van der Waals surface area contributed by atoms with Gasteiger partial charge in [0, 0.05) is 0 Å². The average molecular weight is 267 g/mol. The SMILES string of the molecule is CCC(C)c1ccc(-c2cnc(C(C)(C)C#N)[nH]2)cc1. The molecule has 0 spiro atoms. The van der Waals surface area contributed by atoms with Crippen molar-refractivity contribution < 1.29 is 0 Å². The molecule has 2 aromatic rings. The number of hydrogen-bond acceptors (Lipinski definition) is 2. The monoisotopic (exact) mass is 267 g/mol. The number of aromatic amines is 1. The highest BCUT2D eigenvalue weighted by molar-refractivity contribution is 5.59. The van der Waals surface area contributed by atoms with E-state index in [9.17, 15) is 0 Å². The number of nitrogens with zero attached hydrogens (tertiary/aromatic N) is 2. The molecular formula is C17H21N3. The minimum Gasteiger partial charge on any atom is -0.341 e. The molecule has 0 bridgehead atoms. The van der Waals surface area contributed by atoms with Crippen LogP contribution in [0.3, 0.4) is 0 Å². The number of imidazole rings is 1. The lowest BCUT2D eigenvalue weighted by atomic mass is 9.95. The van der Waals surface area contributed by atoms with E-state index in [1.54, 1.807) is 6.20 Å². The van der Waals surface area contributed by atoms with E-state index in [1.165, 1.54) is 5.56 Å². The number of nitriles is 1. The summed E-state index contributed by atoms with van der Waals surface area (Å²) in [5, 5.41) is 9.14. The number of nitrogens with one attached hydrogen (secondary N) is 1. The van der Waals surface area contributed by atoms with Crippen LogP contribution < -0.4 is 0 Å². The van der Waals surface area contributed by atoms with Crippen LogP contribution in [-0.2, 0) is 5.41 Å². The Bertz CT molecular complexity index is 614. The fourth-order valence-corrected chi connectivity index (χ4v) is 2.07. The first-order valence-corrected chi connectivity index (χ1v) is 7.05. The molecule has 104 valence electrons. The Balaban J connectivity index is 2.27. The van der Waals surface area contributed by atoms with Gasteiger partial charge in [0.05, 0.1) is 18.0 Å². The summed E-state index contributed by atoms with van der Waals surface area (Å²) in [5.41, 5.74) is 2.83. The number of rotatable bonds is 4. The maximum atomic E-state index is 9.14. The Hall–Kier alpha value is -2.08. The number of benzene rings is 1. The average Bonchev–Trinajstić information content (AvgIpc) is 2.97. The highest BCUT2D eigenvalue weighted by atomic mass is 14.9. The minimum atomic E-state index is -0.588. The first-order chi connectivity index (χ1) is 9.47. The van der Waals surface area contributed by atoms with E-state index in [0.717, 1.165) is 17.7 Å². The van der Waals surface area contributed by atoms with E-state index in [1.807, 2.05) is 13.8 Å². The summed E-state index contributed by atoms with van der Waals surface area (Å²) in [4.78, 5) is 7.58. The van der Waals surface area contributed by atoms with E-state index >= 15 is 0 Å². The first kappa shape index (κ1) is 14.3. The van der Waals surface area contributed by atoms with Gasteiger partial charge in [-0.05, 0) is 37.3 Å². The van der Waals surface area contributed by atoms with Crippen molar-refractivity contribution in [3.63, 3.8) is 0 Å². The summed E-state index contributed by atoms with van der Waals surface area (Å²) in [5.74, 6) is 1.29. The van der Waals surface area contributed by atoms with Crippen molar-refractivity contribution >= 4 is 0 Å². The molecule has 3 heteroatoms. The standard InChI is InChI=1S/C17H21N3/c1-5-12(2)13-6-8-14(9-7-13)15-10-19-16(20-15)17(3,4)11-18/h6-10,12H,5H2,1-4H3,(H,19,20). The van der Waals surface area contributed by atoms with Gasteiger partial charge in [-0.2, -0.15) is 5.26 Å². The van der Waals surface area contributed by atoms with Crippen LogP contribution in [0.1, 0.15) is 51.4 Å². The molecule has 2 rings (SSSR count). The zero-order valence-corrected chi connectivity index (χ0v) is 12.6. The van der Waals surface area contributed by atoms with Gasteiger partial charge in [-0.1, -0.05) is 38.1 Å². The minimum absolute atomic E-state index is 0.582. The fraction of sp³-hybridized carbons (Fsp3) is 0.412. The highest BCUT2D eigenvalue weighted by Gasteiger charge is 2.23. The molecule has 1 aromatic carbocycles. The Kier molecular flexibility index (Phi) is 3.94. The summed E-state index contributed by atoms with van der Waals surface area (Å²) < 4.78 is 0. The van der Waals surface area contributed by atoms with Crippen molar-refractivity contribution in [1.29, 1.82) is 5.26 Å². The zero-order valence-electron chi connectivity index (χ0n) is 12.6. The lowest BCUT2D eigenvalue weighted by Crippen LogP contribution is -2.15. The molecule has 1 aromatic heterocycles. The molecule has 0 aliphatic rings. The second-order valence-corrected chi connectivity index (χ2v) is 5.81. The van der Waals surface area contributed by atoms with E-state index < -0.39 is 5.41 Å². The Morgan fingerprint density at radius 3 is 2.50 bits per heavy atom. The van der Waals surface area contributed by atoms with Crippen molar-refractivity contribution in [2.45, 2.75) is 45.4 Å². The molecule has 0 amide bonds. The molecule has 20 heavy (non-hydrogen) atoms. The predicted molar refractivity (Wildman–Crippen MR) is 81.4 cm³/mol. The normalized spacial score (nSPS) is 12.9. The van der Waals surface area contributed by atoms with Crippen molar-refractivity contribution in [2.75, 3.05) is 0 Å². The van der Waals surface area contributed by atoms with Crippen molar-refractivity contribution in [3.05, 3.63) is 41.9 Å².